The van der Waals surface area contributed by atoms with Crippen LogP contribution >= 0.6 is 0 Å². The molecule has 2 N–H and O–H groups in total. The maximum Gasteiger partial charge on any atom is 0.230 e. The Kier molecular flexibility index (Phi) is 7.08. The summed E-state index contributed by atoms with van der Waals surface area (Å²) in [5.74, 6) is -1.08. The molecule has 3 aromatic carbocycles. The third-order valence-corrected chi connectivity index (χ3v) is 8.60. The number of hydrogen-bond donors (Lipinski definition) is 2. The number of ether oxygens (including phenoxy) is 1. The summed E-state index contributed by atoms with van der Waals surface area (Å²) in [5.41, 5.74) is 3.92. The Bertz CT molecular complexity index is 1610. The van der Waals surface area contributed by atoms with Crippen molar-refractivity contribution in [1.29, 1.82) is 0 Å². The Morgan fingerprint density at radius 3 is 2.62 bits per heavy atom. The van der Waals surface area contributed by atoms with Crippen molar-refractivity contribution in [3.8, 4) is 11.5 Å². The van der Waals surface area contributed by atoms with Crippen LogP contribution in [0.25, 0.3) is 0 Å². The molecule has 218 valence electrons. The monoisotopic (exact) mass is 568 g/mol. The van der Waals surface area contributed by atoms with Gasteiger partial charge in [-0.2, -0.15) is 0 Å². The number of nitrogens with one attached hydrogen (secondary N) is 1. The molecule has 1 heterocycles. The van der Waals surface area contributed by atoms with Gasteiger partial charge in [-0.3, -0.25) is 14.5 Å². The fraction of sp³-hybridized carbons (Fsp3) is 0.371. The number of carbonyl (C=O) groups is 2. The molecule has 2 aliphatic carbocycles. The summed E-state index contributed by atoms with van der Waals surface area (Å²) in [4.78, 5) is 29.3. The van der Waals surface area contributed by atoms with Crippen molar-refractivity contribution in [3.05, 3.63) is 94.4 Å². The number of carbonyl (C=O) groups excluding carboxylic acids is 2. The van der Waals surface area contributed by atoms with E-state index in [4.69, 9.17) is 4.74 Å². The number of Topliss-reactive ketones (excluding diaryl/α,β-unsaturated/α-hetero) is 1. The van der Waals surface area contributed by atoms with E-state index in [1.165, 1.54) is 22.6 Å². The molecule has 42 heavy (non-hydrogen) atoms. The number of anilines is 2. The van der Waals surface area contributed by atoms with Crippen molar-refractivity contribution in [2.24, 2.45) is 11.3 Å². The molecule has 1 amide bonds. The average molecular weight is 569 g/mol. The number of allylic oxidation sites excluding steroid dienone is 1. The minimum atomic E-state index is -1.02. The number of aromatic hydroxyl groups is 1. The van der Waals surface area contributed by atoms with Crippen LogP contribution in [0.15, 0.2) is 71.9 Å². The SMILES string of the molecule is CC(C)C(=O)N1c2cccc(O)c2NC2=C(C(=O)CC(C)(C)C2)C1c1ccc(O[C@@H]2CCCc3ccccc32)cc1F. The third-order valence-electron chi connectivity index (χ3n) is 8.60. The summed E-state index contributed by atoms with van der Waals surface area (Å²) in [5, 5.41) is 14.2. The highest BCUT2D eigenvalue weighted by Crippen LogP contribution is 2.51. The number of ketones is 1. The minimum Gasteiger partial charge on any atom is -0.506 e. The highest BCUT2D eigenvalue weighted by atomic mass is 19.1. The van der Waals surface area contributed by atoms with E-state index in [0.29, 0.717) is 34.8 Å². The first-order valence-corrected chi connectivity index (χ1v) is 14.8. The van der Waals surface area contributed by atoms with Gasteiger partial charge in [0.15, 0.2) is 5.78 Å². The predicted octanol–water partition coefficient (Wildman–Crippen LogP) is 7.79. The lowest BCUT2D eigenvalue weighted by molar-refractivity contribution is -0.122. The van der Waals surface area contributed by atoms with Crippen LogP contribution in [0.2, 0.25) is 0 Å². The number of hydrogen-bond acceptors (Lipinski definition) is 5. The Hall–Kier alpha value is -4.13. The molecule has 6 rings (SSSR count). The van der Waals surface area contributed by atoms with Crippen LogP contribution in [0.5, 0.6) is 11.5 Å². The van der Waals surface area contributed by atoms with Crippen LogP contribution in [-0.4, -0.2) is 16.8 Å². The van der Waals surface area contributed by atoms with Gasteiger partial charge in [-0.1, -0.05) is 58.0 Å². The summed E-state index contributed by atoms with van der Waals surface area (Å²) in [7, 11) is 0. The first-order valence-electron chi connectivity index (χ1n) is 14.8. The van der Waals surface area contributed by atoms with Gasteiger partial charge in [-0.05, 0) is 66.5 Å². The highest BCUT2D eigenvalue weighted by molar-refractivity contribution is 6.07. The second-order valence-electron chi connectivity index (χ2n) is 12.8. The smallest absolute Gasteiger partial charge is 0.230 e. The molecule has 0 aromatic heterocycles. The van der Waals surface area contributed by atoms with E-state index < -0.39 is 17.8 Å². The normalized spacial score (nSPS) is 21.2. The molecule has 3 aromatic rings. The summed E-state index contributed by atoms with van der Waals surface area (Å²) >= 11 is 0. The number of para-hydroxylation sites is 1. The van der Waals surface area contributed by atoms with Crippen LogP contribution in [-0.2, 0) is 16.0 Å². The zero-order valence-corrected chi connectivity index (χ0v) is 24.5. The van der Waals surface area contributed by atoms with Crippen LogP contribution < -0.4 is 15.0 Å². The fourth-order valence-electron chi connectivity index (χ4n) is 6.66. The van der Waals surface area contributed by atoms with Crippen LogP contribution in [0.1, 0.15) is 82.2 Å². The molecule has 0 saturated carbocycles. The Morgan fingerprint density at radius 1 is 1.07 bits per heavy atom. The number of phenols is 1. The summed E-state index contributed by atoms with van der Waals surface area (Å²) in [6, 6.07) is 16.8. The van der Waals surface area contributed by atoms with Gasteiger partial charge in [0.1, 0.15) is 29.1 Å². The number of aryl methyl sites for hydroxylation is 1. The number of rotatable bonds is 4. The summed E-state index contributed by atoms with van der Waals surface area (Å²) < 4.78 is 22.7. The van der Waals surface area contributed by atoms with E-state index in [2.05, 4.69) is 17.4 Å². The molecule has 6 nitrogen and oxygen atoms in total. The van der Waals surface area contributed by atoms with Gasteiger partial charge in [-0.25, -0.2) is 4.39 Å². The molecule has 1 unspecified atom stereocenters. The molecule has 1 aliphatic heterocycles. The molecular formula is C35H37FN2O4. The number of amides is 1. The van der Waals surface area contributed by atoms with E-state index >= 15 is 4.39 Å². The summed E-state index contributed by atoms with van der Waals surface area (Å²) in [6.07, 6.45) is 3.43. The maximum absolute atomic E-state index is 16.3. The van der Waals surface area contributed by atoms with E-state index in [1.807, 2.05) is 26.0 Å². The van der Waals surface area contributed by atoms with Gasteiger partial charge in [0.25, 0.3) is 0 Å². The lowest BCUT2D eigenvalue weighted by Crippen LogP contribution is -2.41. The first kappa shape index (κ1) is 28.0. The van der Waals surface area contributed by atoms with Gasteiger partial charge in [-0.15, -0.1) is 0 Å². The van der Waals surface area contributed by atoms with Gasteiger partial charge in [0.05, 0.1) is 11.7 Å². The largest absolute Gasteiger partial charge is 0.506 e. The third kappa shape index (κ3) is 4.95. The lowest BCUT2D eigenvalue weighted by atomic mass is 9.73. The molecule has 0 spiro atoms. The molecular weight excluding hydrogens is 531 g/mol. The van der Waals surface area contributed by atoms with Crippen molar-refractivity contribution in [1.82, 2.24) is 0 Å². The lowest BCUT2D eigenvalue weighted by Gasteiger charge is -2.37. The minimum absolute atomic E-state index is 0.0469. The van der Waals surface area contributed by atoms with Crippen molar-refractivity contribution >= 4 is 23.1 Å². The maximum atomic E-state index is 16.3. The topological polar surface area (TPSA) is 78.9 Å². The quantitative estimate of drug-likeness (QED) is 0.314. The van der Waals surface area contributed by atoms with E-state index in [-0.39, 0.29) is 40.9 Å². The Morgan fingerprint density at radius 2 is 1.86 bits per heavy atom. The number of benzene rings is 3. The van der Waals surface area contributed by atoms with Gasteiger partial charge < -0.3 is 15.2 Å². The molecule has 7 heteroatoms. The first-order chi connectivity index (χ1) is 20.0. The van der Waals surface area contributed by atoms with Gasteiger partial charge in [0.2, 0.25) is 5.91 Å². The van der Waals surface area contributed by atoms with Gasteiger partial charge in [0, 0.05) is 35.2 Å². The number of nitrogens with zero attached hydrogens (tertiary/aromatic N) is 1. The van der Waals surface area contributed by atoms with Gasteiger partial charge >= 0.3 is 0 Å². The fourth-order valence-corrected chi connectivity index (χ4v) is 6.66. The Labute approximate surface area is 246 Å². The number of fused-ring (bicyclic) bond motifs is 2. The van der Waals surface area contributed by atoms with Crippen LogP contribution in [0.4, 0.5) is 15.8 Å². The van der Waals surface area contributed by atoms with E-state index in [9.17, 15) is 14.7 Å². The zero-order valence-electron chi connectivity index (χ0n) is 24.5. The Balaban J connectivity index is 1.48. The average Bonchev–Trinajstić information content (AvgIpc) is 3.07. The van der Waals surface area contributed by atoms with Crippen LogP contribution in [0, 0.1) is 17.2 Å². The molecule has 3 aliphatic rings. The molecule has 0 fully saturated rings. The van der Waals surface area contributed by atoms with Crippen LogP contribution in [0.3, 0.4) is 0 Å². The number of phenolic OH excluding ortho intramolecular Hbond substituents is 1. The number of halogens is 1. The molecule has 2 atom stereocenters. The van der Waals surface area contributed by atoms with Crippen molar-refractivity contribution < 1.29 is 23.8 Å². The van der Waals surface area contributed by atoms with E-state index in [0.717, 1.165) is 24.8 Å². The van der Waals surface area contributed by atoms with E-state index in [1.54, 1.807) is 38.1 Å². The second kappa shape index (κ2) is 10.6. The predicted molar refractivity (Wildman–Crippen MR) is 161 cm³/mol. The zero-order chi connectivity index (χ0) is 29.8. The van der Waals surface area contributed by atoms with Crippen molar-refractivity contribution in [2.75, 3.05) is 10.2 Å². The standard InChI is InChI=1S/C35H37FN2O4/c1-20(2)34(41)38-27-12-8-13-28(39)32(27)37-26-18-35(3,4)19-29(40)31(26)33(38)24-16-15-22(17-25(24)36)42-30-14-7-10-21-9-5-6-11-23(21)30/h5-6,8-9,11-13,15-17,20,30,33,37,39H,7,10,14,18-19H2,1-4H3/t30-,33?/m1/s1. The molecule has 0 saturated heterocycles. The summed E-state index contributed by atoms with van der Waals surface area (Å²) in [6.45, 7) is 7.57. The van der Waals surface area contributed by atoms with Crippen molar-refractivity contribution in [2.45, 2.75) is 71.9 Å². The molecule has 0 bridgehead atoms. The molecule has 0 radical (unpaired) electrons. The highest BCUT2D eigenvalue weighted by Gasteiger charge is 2.45. The van der Waals surface area contributed by atoms with Crippen molar-refractivity contribution in [3.63, 3.8) is 0 Å². The second-order valence-corrected chi connectivity index (χ2v) is 12.8.